The fraction of sp³-hybridized carbons (Fsp3) is 0.684. The maximum atomic E-state index is 11.3. The SMILES string of the molecule is CC1=CC2(CC(C)(C)C1(O)C#C/C(C)=C/C1OCCO1)OCCO2. The number of hydrogen-bond donors (Lipinski definition) is 1. The summed E-state index contributed by atoms with van der Waals surface area (Å²) < 4.78 is 22.4. The van der Waals surface area contributed by atoms with E-state index < -0.39 is 16.8 Å². The summed E-state index contributed by atoms with van der Waals surface area (Å²) in [6.07, 6.45) is 3.93. The van der Waals surface area contributed by atoms with E-state index in [0.29, 0.717) is 32.8 Å². The molecule has 0 aromatic carbocycles. The molecule has 132 valence electrons. The Labute approximate surface area is 143 Å². The van der Waals surface area contributed by atoms with E-state index in [-0.39, 0.29) is 6.29 Å². The van der Waals surface area contributed by atoms with Crippen LogP contribution in [0.3, 0.4) is 0 Å². The molecule has 0 amide bonds. The lowest BCUT2D eigenvalue weighted by Crippen LogP contribution is -2.53. The monoisotopic (exact) mass is 334 g/mol. The van der Waals surface area contributed by atoms with Crippen LogP contribution in [0.4, 0.5) is 0 Å². The van der Waals surface area contributed by atoms with Crippen LogP contribution in [0, 0.1) is 17.3 Å². The standard InChI is InChI=1S/C19H26O5/c1-14(11-16-21-7-8-22-16)5-6-19(20)15(2)12-18(13-17(19,3)4)23-9-10-24-18/h11-12,16,20H,7-10,13H2,1-4H3/b14-11+. The average Bonchev–Trinajstić information content (AvgIpc) is 3.15. The van der Waals surface area contributed by atoms with Gasteiger partial charge in [0.2, 0.25) is 0 Å². The summed E-state index contributed by atoms with van der Waals surface area (Å²) in [5.41, 5.74) is -0.175. The summed E-state index contributed by atoms with van der Waals surface area (Å²) in [5, 5.41) is 11.3. The smallest absolute Gasteiger partial charge is 0.189 e. The summed E-state index contributed by atoms with van der Waals surface area (Å²) in [6.45, 7) is 10.1. The third kappa shape index (κ3) is 3.17. The molecular weight excluding hydrogens is 308 g/mol. The van der Waals surface area contributed by atoms with E-state index >= 15 is 0 Å². The highest BCUT2D eigenvalue weighted by Crippen LogP contribution is 2.49. The number of aliphatic hydroxyl groups is 1. The van der Waals surface area contributed by atoms with Gasteiger partial charge in [0.1, 0.15) is 0 Å². The van der Waals surface area contributed by atoms with E-state index in [1.807, 2.05) is 39.8 Å². The van der Waals surface area contributed by atoms with Gasteiger partial charge >= 0.3 is 0 Å². The Kier molecular flexibility index (Phi) is 4.63. The quantitative estimate of drug-likeness (QED) is 0.588. The average molecular weight is 334 g/mol. The number of allylic oxidation sites excluding steroid dienone is 1. The molecule has 0 saturated carbocycles. The van der Waals surface area contributed by atoms with Crippen molar-refractivity contribution in [1.29, 1.82) is 0 Å². The van der Waals surface area contributed by atoms with Crippen LogP contribution in [-0.2, 0) is 18.9 Å². The van der Waals surface area contributed by atoms with Crippen LogP contribution in [-0.4, -0.2) is 49.2 Å². The fourth-order valence-corrected chi connectivity index (χ4v) is 3.59. The molecule has 1 atom stereocenters. The number of rotatable bonds is 1. The van der Waals surface area contributed by atoms with E-state index in [0.717, 1.165) is 11.1 Å². The lowest BCUT2D eigenvalue weighted by Gasteiger charge is -2.48. The van der Waals surface area contributed by atoms with Gasteiger partial charge in [-0.15, -0.1) is 0 Å². The van der Waals surface area contributed by atoms with Crippen molar-refractivity contribution in [3.63, 3.8) is 0 Å². The maximum Gasteiger partial charge on any atom is 0.189 e. The molecule has 0 radical (unpaired) electrons. The molecule has 5 heteroatoms. The normalized spacial score (nSPS) is 32.5. The van der Waals surface area contributed by atoms with Gasteiger partial charge in [-0.05, 0) is 31.6 Å². The van der Waals surface area contributed by atoms with E-state index in [4.69, 9.17) is 18.9 Å². The second-order valence-electron chi connectivity index (χ2n) is 7.32. The van der Waals surface area contributed by atoms with Crippen LogP contribution in [0.1, 0.15) is 34.1 Å². The number of hydrogen-bond acceptors (Lipinski definition) is 5. The Morgan fingerprint density at radius 1 is 1.21 bits per heavy atom. The van der Waals surface area contributed by atoms with Crippen LogP contribution >= 0.6 is 0 Å². The largest absolute Gasteiger partial charge is 0.373 e. The van der Waals surface area contributed by atoms with Crippen molar-refractivity contribution in [2.45, 2.75) is 51.8 Å². The van der Waals surface area contributed by atoms with Gasteiger partial charge in [-0.3, -0.25) is 0 Å². The first-order valence-electron chi connectivity index (χ1n) is 8.41. The van der Waals surface area contributed by atoms with Crippen molar-refractivity contribution in [2.75, 3.05) is 26.4 Å². The minimum atomic E-state index is -1.24. The first-order valence-corrected chi connectivity index (χ1v) is 8.41. The van der Waals surface area contributed by atoms with Gasteiger partial charge in [0.25, 0.3) is 0 Å². The van der Waals surface area contributed by atoms with E-state index in [9.17, 15) is 5.11 Å². The van der Waals surface area contributed by atoms with E-state index in [1.54, 1.807) is 0 Å². The summed E-state index contributed by atoms with van der Waals surface area (Å²) in [6, 6.07) is 0. The molecule has 0 aromatic heterocycles. The van der Waals surface area contributed by atoms with Gasteiger partial charge in [-0.2, -0.15) is 0 Å². The Morgan fingerprint density at radius 3 is 2.42 bits per heavy atom. The topological polar surface area (TPSA) is 57.2 Å². The first-order chi connectivity index (χ1) is 11.3. The zero-order valence-electron chi connectivity index (χ0n) is 14.8. The van der Waals surface area contributed by atoms with Gasteiger partial charge in [0.15, 0.2) is 17.7 Å². The molecule has 0 bridgehead atoms. The van der Waals surface area contributed by atoms with Gasteiger partial charge in [-0.1, -0.05) is 25.7 Å². The molecule has 2 saturated heterocycles. The minimum Gasteiger partial charge on any atom is -0.373 e. The summed E-state index contributed by atoms with van der Waals surface area (Å²) >= 11 is 0. The van der Waals surface area contributed by atoms with Crippen molar-refractivity contribution in [1.82, 2.24) is 0 Å². The summed E-state index contributed by atoms with van der Waals surface area (Å²) in [5.74, 6) is 5.40. The van der Waals surface area contributed by atoms with Crippen LogP contribution < -0.4 is 0 Å². The Morgan fingerprint density at radius 2 is 1.83 bits per heavy atom. The predicted octanol–water partition coefficient (Wildman–Crippen LogP) is 2.16. The molecule has 1 unspecified atom stereocenters. The highest BCUT2D eigenvalue weighted by atomic mass is 16.7. The third-order valence-electron chi connectivity index (χ3n) is 4.93. The molecule has 5 nitrogen and oxygen atoms in total. The molecule has 1 N–H and O–H groups in total. The molecule has 24 heavy (non-hydrogen) atoms. The van der Waals surface area contributed by atoms with E-state index in [2.05, 4.69) is 11.8 Å². The van der Waals surface area contributed by atoms with E-state index in [1.165, 1.54) is 0 Å². The van der Waals surface area contributed by atoms with Crippen LogP contribution in [0.25, 0.3) is 0 Å². The zero-order valence-corrected chi connectivity index (χ0v) is 14.8. The van der Waals surface area contributed by atoms with Gasteiger partial charge in [-0.25, -0.2) is 0 Å². The molecule has 2 heterocycles. The second-order valence-corrected chi connectivity index (χ2v) is 7.32. The number of ether oxygens (including phenoxy) is 4. The Bertz CT molecular complexity index is 609. The lowest BCUT2D eigenvalue weighted by molar-refractivity contribution is -0.169. The van der Waals surface area contributed by atoms with Gasteiger partial charge in [0, 0.05) is 17.4 Å². The molecule has 1 aliphatic carbocycles. The first kappa shape index (κ1) is 17.7. The highest BCUT2D eigenvalue weighted by molar-refractivity contribution is 5.42. The van der Waals surface area contributed by atoms with Crippen LogP contribution in [0.15, 0.2) is 23.3 Å². The van der Waals surface area contributed by atoms with Crippen molar-refractivity contribution < 1.29 is 24.1 Å². The van der Waals surface area contributed by atoms with Gasteiger partial charge < -0.3 is 24.1 Å². The maximum absolute atomic E-state index is 11.3. The fourth-order valence-electron chi connectivity index (χ4n) is 3.59. The summed E-state index contributed by atoms with van der Waals surface area (Å²) in [4.78, 5) is 0. The molecule has 1 spiro atoms. The molecule has 3 aliphatic rings. The van der Waals surface area contributed by atoms with Crippen molar-refractivity contribution >= 4 is 0 Å². The molecule has 0 aromatic rings. The Hall–Kier alpha value is -1.16. The highest BCUT2D eigenvalue weighted by Gasteiger charge is 2.54. The van der Waals surface area contributed by atoms with Crippen molar-refractivity contribution in [3.8, 4) is 11.8 Å². The summed E-state index contributed by atoms with van der Waals surface area (Å²) in [7, 11) is 0. The van der Waals surface area contributed by atoms with Crippen LogP contribution in [0.5, 0.6) is 0 Å². The lowest BCUT2D eigenvalue weighted by atomic mass is 9.63. The molecular formula is C19H26O5. The third-order valence-corrected chi connectivity index (χ3v) is 4.93. The zero-order chi connectivity index (χ0) is 17.4. The van der Waals surface area contributed by atoms with Crippen molar-refractivity contribution in [2.24, 2.45) is 5.41 Å². The van der Waals surface area contributed by atoms with Crippen LogP contribution in [0.2, 0.25) is 0 Å². The predicted molar refractivity (Wildman–Crippen MR) is 89.0 cm³/mol. The molecule has 2 aliphatic heterocycles. The molecule has 3 rings (SSSR count). The minimum absolute atomic E-state index is 0.339. The molecule has 2 fully saturated rings. The van der Waals surface area contributed by atoms with Gasteiger partial charge in [0.05, 0.1) is 26.4 Å². The van der Waals surface area contributed by atoms with Crippen molar-refractivity contribution in [3.05, 3.63) is 23.3 Å². The second kappa shape index (κ2) is 6.29. The Balaban J connectivity index is 1.87.